The first-order valence-corrected chi connectivity index (χ1v) is 12.0. The van der Waals surface area contributed by atoms with Gasteiger partial charge in [0.25, 0.3) is 5.91 Å². The molecule has 0 aliphatic heterocycles. The molecule has 0 atom stereocenters. The maximum atomic E-state index is 13.0. The van der Waals surface area contributed by atoms with Gasteiger partial charge < -0.3 is 15.7 Å². The quantitative estimate of drug-likeness (QED) is 0.327. The van der Waals surface area contributed by atoms with Crippen LogP contribution in [0.15, 0.2) is 72.8 Å². The second-order valence-corrected chi connectivity index (χ2v) is 9.28. The number of phenolic OH excluding ortho intramolecular Hbond substituents is 1. The first-order valence-electron chi connectivity index (χ1n) is 12.0. The molecule has 7 heteroatoms. The molecule has 0 unspecified atom stereocenters. The number of phenols is 1. The van der Waals surface area contributed by atoms with E-state index in [0.717, 1.165) is 35.2 Å². The molecule has 0 bridgehead atoms. The van der Waals surface area contributed by atoms with E-state index in [1.54, 1.807) is 24.3 Å². The lowest BCUT2D eigenvalue weighted by atomic mass is 10.1. The molecule has 7 nitrogen and oxygen atoms in total. The molecule has 2 amide bonds. The van der Waals surface area contributed by atoms with E-state index in [2.05, 4.69) is 15.7 Å². The molecule has 3 N–H and O–H groups in total. The van der Waals surface area contributed by atoms with Crippen molar-refractivity contribution in [1.82, 2.24) is 15.1 Å². The number of carbonyl (C=O) groups is 2. The van der Waals surface area contributed by atoms with Gasteiger partial charge in [-0.05, 0) is 68.1 Å². The largest absolute Gasteiger partial charge is 0.507 e. The normalized spacial score (nSPS) is 12.8. The summed E-state index contributed by atoms with van der Waals surface area (Å²) in [7, 11) is 0. The summed E-state index contributed by atoms with van der Waals surface area (Å²) in [6.45, 7) is 4.38. The van der Waals surface area contributed by atoms with Gasteiger partial charge in [-0.2, -0.15) is 9.78 Å². The number of nitrogens with zero attached hydrogens (tertiary/aromatic N) is 2. The smallest absolute Gasteiger partial charge is 0.342 e. The van der Waals surface area contributed by atoms with Crippen molar-refractivity contribution in [2.75, 3.05) is 5.32 Å². The lowest BCUT2D eigenvalue weighted by Crippen LogP contribution is -2.30. The number of aromatic nitrogens is 2. The number of aromatic hydroxyl groups is 1. The molecule has 1 aliphatic carbocycles. The molecule has 1 saturated carbocycles. The summed E-state index contributed by atoms with van der Waals surface area (Å²) in [5.41, 5.74) is 6.08. The summed E-state index contributed by atoms with van der Waals surface area (Å²) in [6, 6.07) is 21.7. The van der Waals surface area contributed by atoms with Crippen LogP contribution in [0.5, 0.6) is 5.75 Å². The van der Waals surface area contributed by atoms with Crippen molar-refractivity contribution < 1.29 is 14.7 Å². The summed E-state index contributed by atoms with van der Waals surface area (Å²) < 4.78 is 1.41. The Morgan fingerprint density at radius 1 is 1.00 bits per heavy atom. The zero-order chi connectivity index (χ0) is 25.2. The number of rotatable bonds is 6. The SMILES string of the molecule is Cc1ccc(C(=O)Nc2ccc(-c3cc(C4CC4)n(C(=O)NCc4ccccc4C)n3)c(O)c2)cc1. The van der Waals surface area contributed by atoms with Gasteiger partial charge in [0.15, 0.2) is 0 Å². The molecule has 36 heavy (non-hydrogen) atoms. The number of benzene rings is 3. The van der Waals surface area contributed by atoms with E-state index in [0.29, 0.717) is 29.1 Å². The number of carbonyl (C=O) groups excluding carboxylic acids is 2. The van der Waals surface area contributed by atoms with Crippen molar-refractivity contribution in [3.63, 3.8) is 0 Å². The average molecular weight is 481 g/mol. The molecular formula is C29H28N4O3. The first-order chi connectivity index (χ1) is 17.4. The Morgan fingerprint density at radius 3 is 2.44 bits per heavy atom. The Kier molecular flexibility index (Phi) is 6.29. The van der Waals surface area contributed by atoms with Crippen LogP contribution in [0.25, 0.3) is 11.3 Å². The fraction of sp³-hybridized carbons (Fsp3) is 0.207. The van der Waals surface area contributed by atoms with Gasteiger partial charge in [-0.25, -0.2) is 4.79 Å². The van der Waals surface area contributed by atoms with Crippen molar-refractivity contribution in [3.8, 4) is 17.0 Å². The van der Waals surface area contributed by atoms with Crippen LogP contribution in [0.3, 0.4) is 0 Å². The zero-order valence-corrected chi connectivity index (χ0v) is 20.3. The monoisotopic (exact) mass is 480 g/mol. The zero-order valence-electron chi connectivity index (χ0n) is 20.3. The molecule has 0 radical (unpaired) electrons. The lowest BCUT2D eigenvalue weighted by Gasteiger charge is -2.10. The van der Waals surface area contributed by atoms with E-state index in [-0.39, 0.29) is 23.6 Å². The van der Waals surface area contributed by atoms with E-state index < -0.39 is 0 Å². The fourth-order valence-corrected chi connectivity index (χ4v) is 4.15. The molecule has 4 aromatic rings. The van der Waals surface area contributed by atoms with Gasteiger partial charge in [0.2, 0.25) is 0 Å². The Labute approximate surface area is 209 Å². The summed E-state index contributed by atoms with van der Waals surface area (Å²) >= 11 is 0. The van der Waals surface area contributed by atoms with Gasteiger partial charge in [-0.3, -0.25) is 4.79 Å². The molecule has 5 rings (SSSR count). The molecule has 182 valence electrons. The first kappa shape index (κ1) is 23.4. The van der Waals surface area contributed by atoms with Crippen LogP contribution in [0.1, 0.15) is 51.5 Å². The van der Waals surface area contributed by atoms with Crippen molar-refractivity contribution in [2.24, 2.45) is 0 Å². The number of hydrogen-bond donors (Lipinski definition) is 3. The topological polar surface area (TPSA) is 96.3 Å². The summed E-state index contributed by atoms with van der Waals surface area (Å²) in [6.07, 6.45) is 2.01. The number of anilines is 1. The van der Waals surface area contributed by atoms with Crippen LogP contribution in [-0.2, 0) is 6.54 Å². The van der Waals surface area contributed by atoms with E-state index in [1.165, 1.54) is 10.7 Å². The Hall–Kier alpha value is -4.39. The molecule has 1 fully saturated rings. The van der Waals surface area contributed by atoms with Crippen molar-refractivity contribution in [1.29, 1.82) is 0 Å². The van der Waals surface area contributed by atoms with Crippen LogP contribution in [-0.4, -0.2) is 26.8 Å². The second-order valence-electron chi connectivity index (χ2n) is 9.28. The molecule has 1 aliphatic rings. The standard InChI is InChI=1S/C29H28N4O3/c1-18-7-9-21(10-8-18)28(35)31-23-13-14-24(27(34)15-23)25-16-26(20-11-12-20)33(32-25)29(36)30-17-22-6-4-3-5-19(22)2/h3-10,13-16,20,34H,11-12,17H2,1-2H3,(H,30,36)(H,31,35). The van der Waals surface area contributed by atoms with Gasteiger partial charge in [-0.15, -0.1) is 0 Å². The van der Waals surface area contributed by atoms with Crippen molar-refractivity contribution in [3.05, 3.63) is 101 Å². The van der Waals surface area contributed by atoms with E-state index in [1.807, 2.05) is 56.3 Å². The third-order valence-corrected chi connectivity index (χ3v) is 6.46. The highest BCUT2D eigenvalue weighted by atomic mass is 16.3. The van der Waals surface area contributed by atoms with Crippen LogP contribution < -0.4 is 10.6 Å². The van der Waals surface area contributed by atoms with Gasteiger partial charge in [0.1, 0.15) is 5.75 Å². The van der Waals surface area contributed by atoms with E-state index in [9.17, 15) is 14.7 Å². The van der Waals surface area contributed by atoms with Gasteiger partial charge >= 0.3 is 6.03 Å². The molecular weight excluding hydrogens is 452 g/mol. The lowest BCUT2D eigenvalue weighted by molar-refractivity contribution is 0.102. The maximum Gasteiger partial charge on any atom is 0.342 e. The highest BCUT2D eigenvalue weighted by Crippen LogP contribution is 2.42. The van der Waals surface area contributed by atoms with Crippen LogP contribution in [0.2, 0.25) is 0 Å². The second kappa shape index (κ2) is 9.70. The number of nitrogens with one attached hydrogen (secondary N) is 2. The van der Waals surface area contributed by atoms with Gasteiger partial charge in [0, 0.05) is 35.3 Å². The van der Waals surface area contributed by atoms with Gasteiger partial charge in [0.05, 0.1) is 11.4 Å². The Morgan fingerprint density at radius 2 is 1.75 bits per heavy atom. The Bertz CT molecular complexity index is 1440. The number of amides is 2. The van der Waals surface area contributed by atoms with Crippen LogP contribution >= 0.6 is 0 Å². The third kappa shape index (κ3) is 5.00. The van der Waals surface area contributed by atoms with E-state index in [4.69, 9.17) is 0 Å². The molecule has 0 spiro atoms. The molecule has 0 saturated heterocycles. The van der Waals surface area contributed by atoms with Crippen molar-refractivity contribution in [2.45, 2.75) is 39.2 Å². The predicted octanol–water partition coefficient (Wildman–Crippen LogP) is 5.76. The predicted molar refractivity (Wildman–Crippen MR) is 139 cm³/mol. The number of aryl methyl sites for hydroxylation is 2. The molecule has 1 heterocycles. The third-order valence-electron chi connectivity index (χ3n) is 6.46. The molecule has 1 aromatic heterocycles. The Balaban J connectivity index is 1.34. The van der Waals surface area contributed by atoms with Crippen LogP contribution in [0, 0.1) is 13.8 Å². The minimum absolute atomic E-state index is 0.0241. The van der Waals surface area contributed by atoms with Crippen LogP contribution in [0.4, 0.5) is 10.5 Å². The summed E-state index contributed by atoms with van der Waals surface area (Å²) in [5.74, 6) is 0.00229. The number of hydrogen-bond acceptors (Lipinski definition) is 4. The van der Waals surface area contributed by atoms with Gasteiger partial charge in [-0.1, -0.05) is 42.0 Å². The summed E-state index contributed by atoms with van der Waals surface area (Å²) in [4.78, 5) is 25.6. The highest BCUT2D eigenvalue weighted by molar-refractivity contribution is 6.04. The molecule has 3 aromatic carbocycles. The van der Waals surface area contributed by atoms with Crippen molar-refractivity contribution >= 4 is 17.6 Å². The minimum Gasteiger partial charge on any atom is -0.507 e. The minimum atomic E-state index is -0.298. The average Bonchev–Trinajstić information content (AvgIpc) is 3.62. The highest BCUT2D eigenvalue weighted by Gasteiger charge is 2.30. The maximum absolute atomic E-state index is 13.0. The fourth-order valence-electron chi connectivity index (χ4n) is 4.15. The summed E-state index contributed by atoms with van der Waals surface area (Å²) in [5, 5.41) is 21.0. The van der Waals surface area contributed by atoms with E-state index >= 15 is 0 Å².